The first-order valence-electron chi connectivity index (χ1n) is 10.4. The predicted octanol–water partition coefficient (Wildman–Crippen LogP) is 5.19. The SMILES string of the molecule is CC1(C)C[C@H](n2c([C@H]3CC[C@H](F)C3)nc3cnc4ccc(C#N)cc4c32)CCO1. The van der Waals surface area contributed by atoms with Gasteiger partial charge in [0.15, 0.2) is 0 Å². The molecule has 3 atom stereocenters. The molecule has 150 valence electrons. The molecule has 1 saturated heterocycles. The van der Waals surface area contributed by atoms with Crippen molar-refractivity contribution >= 4 is 21.9 Å². The quantitative estimate of drug-likeness (QED) is 0.602. The highest BCUT2D eigenvalue weighted by atomic mass is 19.1. The number of pyridine rings is 1. The van der Waals surface area contributed by atoms with Gasteiger partial charge in [-0.15, -0.1) is 0 Å². The molecule has 1 aromatic carbocycles. The predicted molar refractivity (Wildman–Crippen MR) is 110 cm³/mol. The van der Waals surface area contributed by atoms with Crippen LogP contribution in [0.25, 0.3) is 21.9 Å². The summed E-state index contributed by atoms with van der Waals surface area (Å²) in [6.45, 7) is 4.94. The van der Waals surface area contributed by atoms with Crippen LogP contribution in [0.5, 0.6) is 0 Å². The monoisotopic (exact) mass is 392 g/mol. The number of nitriles is 1. The second-order valence-corrected chi connectivity index (χ2v) is 9.04. The normalized spacial score (nSPS) is 26.8. The molecular weight excluding hydrogens is 367 g/mol. The molecule has 1 aliphatic heterocycles. The summed E-state index contributed by atoms with van der Waals surface area (Å²) in [5.41, 5.74) is 3.10. The van der Waals surface area contributed by atoms with Gasteiger partial charge in [-0.05, 0) is 64.2 Å². The summed E-state index contributed by atoms with van der Waals surface area (Å²) in [4.78, 5) is 9.54. The van der Waals surface area contributed by atoms with Crippen LogP contribution in [0.3, 0.4) is 0 Å². The third-order valence-electron chi connectivity index (χ3n) is 6.44. The van der Waals surface area contributed by atoms with Crippen molar-refractivity contribution in [1.29, 1.82) is 5.26 Å². The smallest absolute Gasteiger partial charge is 0.113 e. The molecule has 2 aliphatic rings. The number of rotatable bonds is 2. The topological polar surface area (TPSA) is 63.7 Å². The Balaban J connectivity index is 1.77. The van der Waals surface area contributed by atoms with Gasteiger partial charge in [-0.25, -0.2) is 9.37 Å². The Bertz CT molecular complexity index is 1130. The second-order valence-electron chi connectivity index (χ2n) is 9.04. The Morgan fingerprint density at radius 1 is 1.24 bits per heavy atom. The Morgan fingerprint density at radius 3 is 2.83 bits per heavy atom. The van der Waals surface area contributed by atoms with Crippen molar-refractivity contribution in [3.05, 3.63) is 35.8 Å². The highest BCUT2D eigenvalue weighted by molar-refractivity contribution is 6.03. The zero-order chi connectivity index (χ0) is 20.2. The van der Waals surface area contributed by atoms with E-state index in [4.69, 9.17) is 9.72 Å². The molecule has 0 amide bonds. The first-order chi connectivity index (χ1) is 13.9. The summed E-state index contributed by atoms with van der Waals surface area (Å²) < 4.78 is 22.4. The summed E-state index contributed by atoms with van der Waals surface area (Å²) in [7, 11) is 0. The summed E-state index contributed by atoms with van der Waals surface area (Å²) >= 11 is 0. The standard InChI is InChI=1S/C23H25FN4O/c1-23(2)11-17(7-8-29-23)28-21-18-9-14(12-25)3-6-19(18)26-13-20(21)27-22(28)15-4-5-16(24)10-15/h3,6,9,13,15-17H,4-5,7-8,10-11H2,1-2H3/t15-,16-,17+/m0/s1. The van der Waals surface area contributed by atoms with Crippen molar-refractivity contribution in [2.45, 2.75) is 69.7 Å². The van der Waals surface area contributed by atoms with Crippen LogP contribution in [0.1, 0.15) is 69.3 Å². The van der Waals surface area contributed by atoms with E-state index in [9.17, 15) is 9.65 Å². The lowest BCUT2D eigenvalue weighted by Crippen LogP contribution is -2.35. The zero-order valence-corrected chi connectivity index (χ0v) is 16.9. The summed E-state index contributed by atoms with van der Waals surface area (Å²) in [6.07, 6.45) is 4.80. The summed E-state index contributed by atoms with van der Waals surface area (Å²) in [6, 6.07) is 8.06. The fourth-order valence-electron chi connectivity index (χ4n) is 5.10. The second kappa shape index (κ2) is 6.77. The summed E-state index contributed by atoms with van der Waals surface area (Å²) in [5, 5.41) is 10.4. The van der Waals surface area contributed by atoms with Gasteiger partial charge in [-0.3, -0.25) is 4.98 Å². The van der Waals surface area contributed by atoms with E-state index < -0.39 is 6.17 Å². The van der Waals surface area contributed by atoms with Crippen molar-refractivity contribution in [2.24, 2.45) is 0 Å². The third kappa shape index (κ3) is 3.18. The zero-order valence-electron chi connectivity index (χ0n) is 16.9. The molecule has 3 aromatic rings. The highest BCUT2D eigenvalue weighted by Gasteiger charge is 2.36. The average molecular weight is 392 g/mol. The maximum atomic E-state index is 14.1. The van der Waals surface area contributed by atoms with Gasteiger partial charge in [-0.2, -0.15) is 5.26 Å². The number of aromatic nitrogens is 3. The van der Waals surface area contributed by atoms with Gasteiger partial charge in [-0.1, -0.05) is 0 Å². The number of halogens is 1. The maximum absolute atomic E-state index is 14.1. The Labute approximate surface area is 169 Å². The van der Waals surface area contributed by atoms with Gasteiger partial charge in [0.05, 0.1) is 34.5 Å². The van der Waals surface area contributed by atoms with Crippen LogP contribution < -0.4 is 0 Å². The Morgan fingerprint density at radius 2 is 2.10 bits per heavy atom. The maximum Gasteiger partial charge on any atom is 0.113 e. The van der Waals surface area contributed by atoms with Gasteiger partial charge in [0, 0.05) is 24.0 Å². The third-order valence-corrected chi connectivity index (χ3v) is 6.44. The molecule has 2 fully saturated rings. The minimum Gasteiger partial charge on any atom is -0.375 e. The first-order valence-corrected chi connectivity index (χ1v) is 10.4. The number of hydrogen-bond acceptors (Lipinski definition) is 4. The van der Waals surface area contributed by atoms with E-state index in [2.05, 4.69) is 29.5 Å². The van der Waals surface area contributed by atoms with Crippen molar-refractivity contribution in [2.75, 3.05) is 6.61 Å². The highest BCUT2D eigenvalue weighted by Crippen LogP contribution is 2.42. The minimum absolute atomic E-state index is 0.123. The van der Waals surface area contributed by atoms with Crippen LogP contribution in [0.2, 0.25) is 0 Å². The van der Waals surface area contributed by atoms with Crippen LogP contribution >= 0.6 is 0 Å². The van der Waals surface area contributed by atoms with Gasteiger partial charge >= 0.3 is 0 Å². The Kier molecular flexibility index (Phi) is 4.32. The fraction of sp³-hybridized carbons (Fsp3) is 0.522. The van der Waals surface area contributed by atoms with E-state index in [1.54, 1.807) is 6.07 Å². The number of fused-ring (bicyclic) bond motifs is 3. The largest absolute Gasteiger partial charge is 0.375 e. The van der Waals surface area contributed by atoms with E-state index in [1.807, 2.05) is 18.3 Å². The lowest BCUT2D eigenvalue weighted by atomic mass is 9.93. The van der Waals surface area contributed by atoms with Gasteiger partial charge in [0.2, 0.25) is 0 Å². The van der Waals surface area contributed by atoms with Crippen LogP contribution in [0.15, 0.2) is 24.4 Å². The number of benzene rings is 1. The molecule has 5 rings (SSSR count). The molecule has 2 aromatic heterocycles. The molecule has 1 saturated carbocycles. The van der Waals surface area contributed by atoms with E-state index in [0.717, 1.165) is 47.0 Å². The van der Waals surface area contributed by atoms with E-state index in [0.29, 0.717) is 25.0 Å². The number of ether oxygens (including phenoxy) is 1. The fourth-order valence-corrected chi connectivity index (χ4v) is 5.10. The van der Waals surface area contributed by atoms with Gasteiger partial charge < -0.3 is 9.30 Å². The number of imidazole rings is 1. The molecule has 5 nitrogen and oxygen atoms in total. The van der Waals surface area contributed by atoms with Crippen LogP contribution in [-0.2, 0) is 4.74 Å². The number of nitrogens with zero attached hydrogens (tertiary/aromatic N) is 4. The number of hydrogen-bond donors (Lipinski definition) is 0. The molecule has 0 N–H and O–H groups in total. The van der Waals surface area contributed by atoms with Crippen LogP contribution in [-0.4, -0.2) is 32.9 Å². The molecular formula is C23H25FN4O. The molecule has 0 radical (unpaired) electrons. The molecule has 0 unspecified atom stereocenters. The van der Waals surface area contributed by atoms with Crippen molar-refractivity contribution < 1.29 is 9.13 Å². The van der Waals surface area contributed by atoms with Crippen molar-refractivity contribution in [3.63, 3.8) is 0 Å². The van der Waals surface area contributed by atoms with Gasteiger partial charge in [0.1, 0.15) is 17.5 Å². The number of alkyl halides is 1. The molecule has 0 spiro atoms. The minimum atomic E-state index is -0.751. The molecule has 3 heterocycles. The summed E-state index contributed by atoms with van der Waals surface area (Å²) in [5.74, 6) is 1.09. The van der Waals surface area contributed by atoms with E-state index in [-0.39, 0.29) is 17.6 Å². The average Bonchev–Trinajstić information content (AvgIpc) is 3.30. The van der Waals surface area contributed by atoms with Crippen LogP contribution in [0, 0.1) is 11.3 Å². The first kappa shape index (κ1) is 18.5. The van der Waals surface area contributed by atoms with Gasteiger partial charge in [0.25, 0.3) is 0 Å². The van der Waals surface area contributed by atoms with E-state index >= 15 is 0 Å². The Hall–Kier alpha value is -2.52. The van der Waals surface area contributed by atoms with Crippen molar-refractivity contribution in [3.8, 4) is 6.07 Å². The molecule has 0 bridgehead atoms. The molecule has 6 heteroatoms. The van der Waals surface area contributed by atoms with Crippen molar-refractivity contribution in [1.82, 2.24) is 14.5 Å². The lowest BCUT2D eigenvalue weighted by Gasteiger charge is -2.37. The van der Waals surface area contributed by atoms with Crippen LogP contribution in [0.4, 0.5) is 4.39 Å². The van der Waals surface area contributed by atoms with E-state index in [1.165, 1.54) is 0 Å². The molecule has 29 heavy (non-hydrogen) atoms. The lowest BCUT2D eigenvalue weighted by molar-refractivity contribution is -0.0689. The molecule has 1 aliphatic carbocycles.